The number of rotatable bonds is 6. The van der Waals surface area contributed by atoms with E-state index in [0.717, 1.165) is 36.4 Å². The maximum atomic E-state index is 12.8. The molecule has 0 atom stereocenters. The van der Waals surface area contributed by atoms with Crippen molar-refractivity contribution in [2.45, 2.75) is 6.54 Å². The van der Waals surface area contributed by atoms with Gasteiger partial charge in [0.25, 0.3) is 0 Å². The van der Waals surface area contributed by atoms with Crippen molar-refractivity contribution >= 4 is 28.5 Å². The lowest BCUT2D eigenvalue weighted by molar-refractivity contribution is -0.134. The number of benzene rings is 1. The van der Waals surface area contributed by atoms with Crippen LogP contribution in [0.1, 0.15) is 16.1 Å². The lowest BCUT2D eigenvalue weighted by Gasteiger charge is -2.41. The molecule has 2 aromatic heterocycles. The Bertz CT molecular complexity index is 1250. The molecule has 2 aliphatic rings. The van der Waals surface area contributed by atoms with Crippen molar-refractivity contribution in [1.29, 1.82) is 5.26 Å². The minimum absolute atomic E-state index is 0.154. The monoisotopic (exact) mass is 458 g/mol. The zero-order valence-corrected chi connectivity index (χ0v) is 18.8. The largest absolute Gasteiger partial charge is 0.366 e. The second-order valence-electron chi connectivity index (χ2n) is 8.91. The van der Waals surface area contributed by atoms with Gasteiger partial charge in [0.15, 0.2) is 5.69 Å². The number of hydrogen-bond donors (Lipinski definition) is 1. The number of primary amides is 1. The van der Waals surface area contributed by atoms with Gasteiger partial charge in [-0.2, -0.15) is 5.26 Å². The summed E-state index contributed by atoms with van der Waals surface area (Å²) in [6, 6.07) is 9.54. The first kappa shape index (κ1) is 21.9. The molecule has 10 heteroatoms. The molecule has 1 aromatic carbocycles. The first-order valence-electron chi connectivity index (χ1n) is 11.4. The summed E-state index contributed by atoms with van der Waals surface area (Å²) in [7, 11) is 0. The zero-order valence-electron chi connectivity index (χ0n) is 18.8. The van der Waals surface area contributed by atoms with Crippen LogP contribution >= 0.6 is 0 Å². The molecule has 0 unspecified atom stereocenters. The van der Waals surface area contributed by atoms with E-state index in [9.17, 15) is 9.59 Å². The predicted octanol–water partition coefficient (Wildman–Crippen LogP) is 0.682. The van der Waals surface area contributed by atoms with Crippen LogP contribution in [0.2, 0.25) is 0 Å². The van der Waals surface area contributed by atoms with Gasteiger partial charge >= 0.3 is 0 Å². The van der Waals surface area contributed by atoms with Crippen LogP contribution in [0.5, 0.6) is 0 Å². The third kappa shape index (κ3) is 4.43. The van der Waals surface area contributed by atoms with Gasteiger partial charge in [-0.3, -0.25) is 14.5 Å². The van der Waals surface area contributed by atoms with E-state index in [1.165, 1.54) is 6.20 Å². The highest BCUT2D eigenvalue weighted by Gasteiger charge is 2.31. The van der Waals surface area contributed by atoms with E-state index in [1.807, 2.05) is 35.4 Å². The molecule has 0 spiro atoms. The Hall–Kier alpha value is -3.97. The van der Waals surface area contributed by atoms with Gasteiger partial charge < -0.3 is 20.1 Å². The van der Waals surface area contributed by atoms with Crippen LogP contribution in [0.15, 0.2) is 42.9 Å². The van der Waals surface area contributed by atoms with Crippen LogP contribution in [0.3, 0.4) is 0 Å². The molecular formula is C24H26N8O2. The Kier molecular flexibility index (Phi) is 5.86. The van der Waals surface area contributed by atoms with Gasteiger partial charge in [-0.05, 0) is 23.6 Å². The number of carbonyl (C=O) groups is 2. The summed E-state index contributed by atoms with van der Waals surface area (Å²) in [4.78, 5) is 38.8. The van der Waals surface area contributed by atoms with Gasteiger partial charge in [-0.25, -0.2) is 9.97 Å². The Balaban J connectivity index is 1.09. The molecule has 2 amide bonds. The van der Waals surface area contributed by atoms with Crippen molar-refractivity contribution in [3.8, 4) is 6.07 Å². The number of anilines is 1. The Morgan fingerprint density at radius 1 is 1.09 bits per heavy atom. The van der Waals surface area contributed by atoms with Crippen LogP contribution in [0, 0.1) is 17.2 Å². The molecule has 0 radical (unpaired) electrons. The fourth-order valence-corrected chi connectivity index (χ4v) is 4.71. The lowest BCUT2D eigenvalue weighted by Crippen LogP contribution is -2.55. The standard InChI is InChI=1S/C24H26N8O2/c25-10-20-11-28-22(12-27-20)30-5-7-31(8-6-30)23(33)16-29-13-17(14-29)15-32-4-3-18-1-2-19(24(26)34)9-21(18)32/h1-4,9,11-12,17H,5-8,13-16H2,(H2,26,34). The molecular weight excluding hydrogens is 432 g/mol. The van der Waals surface area contributed by atoms with Crippen molar-refractivity contribution in [2.24, 2.45) is 11.7 Å². The molecule has 3 aromatic rings. The number of carbonyl (C=O) groups excluding carboxylic acids is 2. The average molecular weight is 459 g/mol. The first-order valence-corrected chi connectivity index (χ1v) is 11.4. The third-order valence-electron chi connectivity index (χ3n) is 6.61. The van der Waals surface area contributed by atoms with Crippen LogP contribution in [-0.4, -0.2) is 82.0 Å². The summed E-state index contributed by atoms with van der Waals surface area (Å²) in [6.07, 6.45) is 5.13. The lowest BCUT2D eigenvalue weighted by atomic mass is 10.00. The van der Waals surface area contributed by atoms with Gasteiger partial charge in [0.1, 0.15) is 11.9 Å². The van der Waals surface area contributed by atoms with E-state index in [-0.39, 0.29) is 5.91 Å². The van der Waals surface area contributed by atoms with Gasteiger partial charge in [-0.1, -0.05) is 6.07 Å². The van der Waals surface area contributed by atoms with Crippen molar-refractivity contribution in [2.75, 3.05) is 50.7 Å². The SMILES string of the molecule is N#Cc1cnc(N2CCN(C(=O)CN3CC(Cn4ccc5ccc(C(N)=O)cc54)C3)CC2)cn1. The highest BCUT2D eigenvalue weighted by molar-refractivity contribution is 5.97. The van der Waals surface area contributed by atoms with Crippen LogP contribution < -0.4 is 10.6 Å². The number of amides is 2. The number of nitrogens with zero attached hydrogens (tertiary/aromatic N) is 7. The normalized spacial score (nSPS) is 16.9. The summed E-state index contributed by atoms with van der Waals surface area (Å²) in [5, 5.41) is 9.94. The summed E-state index contributed by atoms with van der Waals surface area (Å²) < 4.78 is 2.16. The van der Waals surface area contributed by atoms with E-state index >= 15 is 0 Å². The minimum Gasteiger partial charge on any atom is -0.366 e. The molecule has 174 valence electrons. The molecule has 4 heterocycles. The Labute approximate surface area is 197 Å². The number of piperazine rings is 1. The molecule has 2 saturated heterocycles. The molecule has 0 saturated carbocycles. The maximum absolute atomic E-state index is 12.8. The van der Waals surface area contributed by atoms with E-state index in [4.69, 9.17) is 11.0 Å². The summed E-state index contributed by atoms with van der Waals surface area (Å²) >= 11 is 0. The van der Waals surface area contributed by atoms with Crippen molar-refractivity contribution in [3.63, 3.8) is 0 Å². The van der Waals surface area contributed by atoms with E-state index in [2.05, 4.69) is 24.3 Å². The van der Waals surface area contributed by atoms with Crippen LogP contribution in [0.4, 0.5) is 5.82 Å². The summed E-state index contributed by atoms with van der Waals surface area (Å²) in [5.74, 6) is 0.930. The van der Waals surface area contributed by atoms with E-state index in [1.54, 1.807) is 12.3 Å². The van der Waals surface area contributed by atoms with Crippen molar-refractivity contribution in [3.05, 3.63) is 54.1 Å². The van der Waals surface area contributed by atoms with E-state index in [0.29, 0.717) is 49.9 Å². The molecule has 2 aliphatic heterocycles. The molecule has 0 bridgehead atoms. The molecule has 10 nitrogen and oxygen atoms in total. The van der Waals surface area contributed by atoms with Gasteiger partial charge in [0, 0.05) is 69.0 Å². The Morgan fingerprint density at radius 2 is 1.88 bits per heavy atom. The molecule has 0 aliphatic carbocycles. The van der Waals surface area contributed by atoms with Crippen molar-refractivity contribution < 1.29 is 9.59 Å². The second kappa shape index (κ2) is 9.11. The van der Waals surface area contributed by atoms with E-state index < -0.39 is 5.91 Å². The maximum Gasteiger partial charge on any atom is 0.248 e. The summed E-state index contributed by atoms with van der Waals surface area (Å²) in [5.41, 5.74) is 7.25. The average Bonchev–Trinajstić information content (AvgIpc) is 3.24. The Morgan fingerprint density at radius 3 is 2.56 bits per heavy atom. The fourth-order valence-electron chi connectivity index (χ4n) is 4.71. The number of fused-ring (bicyclic) bond motifs is 1. The molecule has 5 rings (SSSR count). The minimum atomic E-state index is -0.423. The van der Waals surface area contributed by atoms with Crippen molar-refractivity contribution in [1.82, 2.24) is 24.3 Å². The van der Waals surface area contributed by atoms with Gasteiger partial charge in [0.2, 0.25) is 11.8 Å². The second-order valence-corrected chi connectivity index (χ2v) is 8.91. The molecule has 2 fully saturated rings. The first-order chi connectivity index (χ1) is 16.5. The van der Waals surface area contributed by atoms with Gasteiger partial charge in [-0.15, -0.1) is 0 Å². The number of likely N-dealkylation sites (tertiary alicyclic amines) is 1. The smallest absolute Gasteiger partial charge is 0.248 e. The topological polar surface area (TPSA) is 124 Å². The van der Waals surface area contributed by atoms with Crippen LogP contribution in [-0.2, 0) is 11.3 Å². The highest BCUT2D eigenvalue weighted by atomic mass is 16.2. The number of hydrogen-bond acceptors (Lipinski definition) is 7. The highest BCUT2D eigenvalue weighted by Crippen LogP contribution is 2.23. The summed E-state index contributed by atoms with van der Waals surface area (Å²) in [6.45, 7) is 5.73. The number of aromatic nitrogens is 3. The molecule has 2 N–H and O–H groups in total. The number of nitrogens with two attached hydrogens (primary N) is 1. The number of nitriles is 1. The fraction of sp³-hybridized carbons (Fsp3) is 0.375. The third-order valence-corrected chi connectivity index (χ3v) is 6.61. The van der Waals surface area contributed by atoms with Gasteiger partial charge in [0.05, 0.1) is 18.9 Å². The predicted molar refractivity (Wildman–Crippen MR) is 126 cm³/mol. The van der Waals surface area contributed by atoms with Crippen LogP contribution in [0.25, 0.3) is 10.9 Å². The molecule has 34 heavy (non-hydrogen) atoms. The quantitative estimate of drug-likeness (QED) is 0.576. The zero-order chi connectivity index (χ0) is 23.7.